The molecule has 11 heavy (non-hydrogen) atoms. The summed E-state index contributed by atoms with van der Waals surface area (Å²) in [5, 5.41) is 7.60. The molecule has 0 saturated heterocycles. The van der Waals surface area contributed by atoms with Gasteiger partial charge in [-0.3, -0.25) is 4.79 Å². The van der Waals surface area contributed by atoms with Gasteiger partial charge in [-0.05, 0) is 16.8 Å². The summed E-state index contributed by atoms with van der Waals surface area (Å²) in [5.74, 6) is -0.156. The van der Waals surface area contributed by atoms with Crippen LogP contribution in [0.15, 0.2) is 21.9 Å². The molecule has 0 saturated carbocycles. The highest BCUT2D eigenvalue weighted by Crippen LogP contribution is 2.01. The highest BCUT2D eigenvalue weighted by atomic mass is 32.1. The average molecular weight is 168 g/mol. The van der Waals surface area contributed by atoms with E-state index in [1.54, 1.807) is 17.6 Å². The van der Waals surface area contributed by atoms with Gasteiger partial charge >= 0.3 is 0 Å². The van der Waals surface area contributed by atoms with E-state index in [2.05, 4.69) is 10.5 Å². The third kappa shape index (κ3) is 2.95. The number of thiophene rings is 1. The lowest BCUT2D eigenvalue weighted by atomic mass is 10.4. The van der Waals surface area contributed by atoms with Crippen LogP contribution < -0.4 is 5.43 Å². The minimum absolute atomic E-state index is 0.156. The third-order valence-electron chi connectivity index (χ3n) is 0.979. The van der Waals surface area contributed by atoms with E-state index in [0.29, 0.717) is 0 Å². The van der Waals surface area contributed by atoms with Crippen molar-refractivity contribution < 1.29 is 4.79 Å². The summed E-state index contributed by atoms with van der Waals surface area (Å²) in [5.41, 5.74) is 3.32. The number of hydrazone groups is 1. The highest BCUT2D eigenvalue weighted by Gasteiger charge is 1.86. The Morgan fingerprint density at radius 3 is 3.18 bits per heavy atom. The van der Waals surface area contributed by atoms with Gasteiger partial charge in [0.05, 0.1) is 6.21 Å². The Labute approximate surface area is 68.7 Å². The predicted octanol–water partition coefficient (Wildman–Crippen LogP) is 1.22. The zero-order valence-electron chi connectivity index (χ0n) is 6.07. The van der Waals surface area contributed by atoms with Crippen LogP contribution in [0.25, 0.3) is 0 Å². The van der Waals surface area contributed by atoms with Crippen LogP contribution in [-0.4, -0.2) is 12.1 Å². The molecule has 0 radical (unpaired) electrons. The van der Waals surface area contributed by atoms with Gasteiger partial charge in [-0.1, -0.05) is 0 Å². The lowest BCUT2D eigenvalue weighted by molar-refractivity contribution is -0.118. The maximum Gasteiger partial charge on any atom is 0.236 e. The minimum atomic E-state index is -0.156. The number of hydrogen-bond donors (Lipinski definition) is 1. The summed E-state index contributed by atoms with van der Waals surface area (Å²) in [7, 11) is 0. The Balaban J connectivity index is 2.43. The van der Waals surface area contributed by atoms with Gasteiger partial charge in [-0.25, -0.2) is 5.43 Å². The molecule has 1 rings (SSSR count). The summed E-state index contributed by atoms with van der Waals surface area (Å²) < 4.78 is 0. The van der Waals surface area contributed by atoms with E-state index < -0.39 is 0 Å². The molecule has 0 unspecified atom stereocenters. The molecule has 3 nitrogen and oxygen atoms in total. The molecule has 0 atom stereocenters. The molecule has 0 aliphatic rings. The zero-order chi connectivity index (χ0) is 8.10. The van der Waals surface area contributed by atoms with Crippen molar-refractivity contribution in [3.8, 4) is 0 Å². The van der Waals surface area contributed by atoms with Crippen molar-refractivity contribution in [2.24, 2.45) is 5.10 Å². The van der Waals surface area contributed by atoms with Crippen molar-refractivity contribution in [3.63, 3.8) is 0 Å². The van der Waals surface area contributed by atoms with E-state index in [4.69, 9.17) is 0 Å². The van der Waals surface area contributed by atoms with Crippen LogP contribution in [0.4, 0.5) is 0 Å². The van der Waals surface area contributed by atoms with Gasteiger partial charge < -0.3 is 0 Å². The van der Waals surface area contributed by atoms with Gasteiger partial charge in [-0.2, -0.15) is 16.4 Å². The summed E-state index contributed by atoms with van der Waals surface area (Å²) in [6, 6.07) is 1.93. The SMILES string of the molecule is CC(=O)N/N=C\c1ccsc1. The van der Waals surface area contributed by atoms with E-state index in [1.807, 2.05) is 16.8 Å². The second kappa shape index (κ2) is 3.88. The molecule has 0 aromatic carbocycles. The Bertz CT molecular complexity index is 253. The number of amides is 1. The number of hydrogen-bond acceptors (Lipinski definition) is 3. The van der Waals surface area contributed by atoms with Crippen LogP contribution in [0.1, 0.15) is 12.5 Å². The maximum absolute atomic E-state index is 10.3. The molecule has 1 aromatic heterocycles. The predicted molar refractivity (Wildman–Crippen MR) is 45.7 cm³/mol. The lowest BCUT2D eigenvalue weighted by Gasteiger charge is -1.88. The Kier molecular flexibility index (Phi) is 2.80. The quantitative estimate of drug-likeness (QED) is 0.523. The van der Waals surface area contributed by atoms with E-state index in [-0.39, 0.29) is 5.91 Å². The molecule has 0 spiro atoms. The molecule has 1 heterocycles. The zero-order valence-corrected chi connectivity index (χ0v) is 6.89. The van der Waals surface area contributed by atoms with Crippen LogP contribution >= 0.6 is 11.3 Å². The fraction of sp³-hybridized carbons (Fsp3) is 0.143. The van der Waals surface area contributed by atoms with Gasteiger partial charge in [0.25, 0.3) is 0 Å². The number of carbonyl (C=O) groups is 1. The topological polar surface area (TPSA) is 41.5 Å². The molecule has 4 heteroatoms. The van der Waals surface area contributed by atoms with Crippen LogP contribution in [-0.2, 0) is 4.79 Å². The standard InChI is InChI=1S/C7H8N2OS/c1-6(10)9-8-4-7-2-3-11-5-7/h2-5H,1H3,(H,9,10)/b8-4-. The van der Waals surface area contributed by atoms with Gasteiger partial charge in [-0.15, -0.1) is 0 Å². The first-order chi connectivity index (χ1) is 5.29. The van der Waals surface area contributed by atoms with Crippen molar-refractivity contribution in [1.82, 2.24) is 5.43 Å². The largest absolute Gasteiger partial charge is 0.274 e. The Morgan fingerprint density at radius 2 is 2.64 bits per heavy atom. The molecule has 1 N–H and O–H groups in total. The maximum atomic E-state index is 10.3. The summed E-state index contributed by atoms with van der Waals surface area (Å²) >= 11 is 1.59. The second-order valence-corrected chi connectivity index (χ2v) is 2.76. The first-order valence-electron chi connectivity index (χ1n) is 3.11. The van der Waals surface area contributed by atoms with Crippen LogP contribution in [0.5, 0.6) is 0 Å². The summed E-state index contributed by atoms with van der Waals surface area (Å²) in [6.07, 6.45) is 1.61. The minimum Gasteiger partial charge on any atom is -0.274 e. The van der Waals surface area contributed by atoms with E-state index in [0.717, 1.165) is 5.56 Å². The molecule has 0 fully saturated rings. The second-order valence-electron chi connectivity index (χ2n) is 1.98. The van der Waals surface area contributed by atoms with Gasteiger partial charge in [0, 0.05) is 12.5 Å². The fourth-order valence-corrected chi connectivity index (χ4v) is 1.16. The van der Waals surface area contributed by atoms with Crippen molar-refractivity contribution >= 4 is 23.5 Å². The van der Waals surface area contributed by atoms with E-state index in [1.165, 1.54) is 6.92 Å². The van der Waals surface area contributed by atoms with Gasteiger partial charge in [0.2, 0.25) is 5.91 Å². The molecule has 1 amide bonds. The van der Waals surface area contributed by atoms with Crippen molar-refractivity contribution in [2.45, 2.75) is 6.92 Å². The van der Waals surface area contributed by atoms with Crippen LogP contribution in [0, 0.1) is 0 Å². The molecule has 58 valence electrons. The smallest absolute Gasteiger partial charge is 0.236 e. The lowest BCUT2D eigenvalue weighted by Crippen LogP contribution is -2.11. The van der Waals surface area contributed by atoms with Gasteiger partial charge in [0.15, 0.2) is 0 Å². The monoisotopic (exact) mass is 168 g/mol. The normalized spacial score (nSPS) is 10.3. The van der Waals surface area contributed by atoms with E-state index in [9.17, 15) is 4.79 Å². The van der Waals surface area contributed by atoms with Crippen molar-refractivity contribution in [2.75, 3.05) is 0 Å². The molecule has 0 aliphatic carbocycles. The molecular weight excluding hydrogens is 160 g/mol. The molecule has 1 aromatic rings. The first-order valence-corrected chi connectivity index (χ1v) is 4.05. The summed E-state index contributed by atoms with van der Waals surface area (Å²) in [4.78, 5) is 10.3. The van der Waals surface area contributed by atoms with Crippen molar-refractivity contribution in [3.05, 3.63) is 22.4 Å². The van der Waals surface area contributed by atoms with E-state index >= 15 is 0 Å². The van der Waals surface area contributed by atoms with Crippen LogP contribution in [0.2, 0.25) is 0 Å². The number of carbonyl (C=O) groups excluding carboxylic acids is 1. The number of nitrogens with zero attached hydrogens (tertiary/aromatic N) is 1. The average Bonchev–Trinajstić information content (AvgIpc) is 2.39. The first kappa shape index (κ1) is 7.94. The van der Waals surface area contributed by atoms with Crippen LogP contribution in [0.3, 0.4) is 0 Å². The summed E-state index contributed by atoms with van der Waals surface area (Å²) in [6.45, 7) is 1.42. The highest BCUT2D eigenvalue weighted by molar-refractivity contribution is 7.08. The van der Waals surface area contributed by atoms with Crippen molar-refractivity contribution in [1.29, 1.82) is 0 Å². The molecular formula is C7H8N2OS. The number of nitrogens with one attached hydrogen (secondary N) is 1. The molecule has 0 bridgehead atoms. The fourth-order valence-electron chi connectivity index (χ4n) is 0.546. The third-order valence-corrected chi connectivity index (χ3v) is 1.68. The number of rotatable bonds is 2. The Morgan fingerprint density at radius 1 is 1.82 bits per heavy atom. The molecule has 0 aliphatic heterocycles. The Hall–Kier alpha value is -1.16. The van der Waals surface area contributed by atoms with Gasteiger partial charge in [0.1, 0.15) is 0 Å².